The summed E-state index contributed by atoms with van der Waals surface area (Å²) in [5.74, 6) is -0.857. The lowest BCUT2D eigenvalue weighted by Gasteiger charge is -2.04. The summed E-state index contributed by atoms with van der Waals surface area (Å²) < 4.78 is 0.653. The lowest BCUT2D eigenvalue weighted by molar-refractivity contribution is -0.266. The van der Waals surface area contributed by atoms with Gasteiger partial charge in [-0.3, -0.25) is 4.79 Å². The van der Waals surface area contributed by atoms with Crippen LogP contribution in [0, 0.1) is 0 Å². The zero-order chi connectivity index (χ0) is 10.3. The normalized spacial score (nSPS) is 10.6. The van der Waals surface area contributed by atoms with E-state index in [1.807, 2.05) is 0 Å². The molecule has 4 nitrogen and oxygen atoms in total. The maximum absolute atomic E-state index is 11.6. The van der Waals surface area contributed by atoms with Crippen molar-refractivity contribution in [2.45, 2.75) is 6.92 Å². The van der Waals surface area contributed by atoms with Gasteiger partial charge in [-0.05, 0) is 11.5 Å². The molecule has 0 fully saturated rings. The van der Waals surface area contributed by atoms with Gasteiger partial charge < -0.3 is 10.3 Å². The van der Waals surface area contributed by atoms with E-state index in [2.05, 4.69) is 0 Å². The molecule has 1 aromatic heterocycles. The second-order valence-electron chi connectivity index (χ2n) is 3.06. The summed E-state index contributed by atoms with van der Waals surface area (Å²) >= 11 is 0. The fourth-order valence-electron chi connectivity index (χ4n) is 1.50. The average Bonchev–Trinajstić information content (AvgIpc) is 2.41. The number of carbonyl (C=O) groups is 1. The predicted octanol–water partition coefficient (Wildman–Crippen LogP) is 1.15. The third kappa shape index (κ3) is 0.970. The summed E-state index contributed by atoms with van der Waals surface area (Å²) in [5.41, 5.74) is 0.175. The summed E-state index contributed by atoms with van der Waals surface area (Å²) in [4.78, 5) is 11.1. The first-order chi connectivity index (χ1) is 6.63. The van der Waals surface area contributed by atoms with Gasteiger partial charge in [0.15, 0.2) is 5.78 Å². The number of nitrogens with zero attached hydrogens (tertiary/aromatic N) is 1. The summed E-state index contributed by atoms with van der Waals surface area (Å²) in [6.45, 7) is 1.25. The van der Waals surface area contributed by atoms with Crippen molar-refractivity contribution in [3.63, 3.8) is 0 Å². The van der Waals surface area contributed by atoms with E-state index in [9.17, 15) is 15.1 Å². The van der Waals surface area contributed by atoms with Crippen molar-refractivity contribution in [2.24, 2.45) is 0 Å². The highest BCUT2D eigenvalue weighted by Crippen LogP contribution is 2.28. The number of benzene rings is 1. The smallest absolute Gasteiger partial charge is 0.178 e. The monoisotopic (exact) mass is 190 g/mol. The molecule has 0 aliphatic carbocycles. The second kappa shape index (κ2) is 2.77. The molecule has 0 bridgehead atoms. The Balaban J connectivity index is 2.92. The first kappa shape index (κ1) is 8.62. The van der Waals surface area contributed by atoms with Crippen molar-refractivity contribution >= 4 is 16.7 Å². The Kier molecular flexibility index (Phi) is 1.70. The molecule has 0 amide bonds. The molecule has 0 radical (unpaired) electrons. The summed E-state index contributed by atoms with van der Waals surface area (Å²) in [6, 6.07) is 6.55. The molecule has 0 saturated heterocycles. The van der Waals surface area contributed by atoms with Crippen LogP contribution in [0.2, 0.25) is 0 Å². The molecule has 0 aliphatic heterocycles. The Hall–Kier alpha value is -1.97. The van der Waals surface area contributed by atoms with Crippen LogP contribution >= 0.6 is 0 Å². The number of aromatic nitrogens is 1. The van der Waals surface area contributed by atoms with E-state index < -0.39 is 11.5 Å². The Morgan fingerprint density at radius 3 is 2.64 bits per heavy atom. The minimum absolute atomic E-state index is 0.189. The van der Waals surface area contributed by atoms with Gasteiger partial charge in [-0.25, -0.2) is 0 Å². The van der Waals surface area contributed by atoms with Gasteiger partial charge in [0.2, 0.25) is 0 Å². The number of hydrogen-bond donors (Lipinski definition) is 1. The standard InChI is InChI=1S/C10H9NO3/c1-6(12)9-10(13)7-4-2-3-5-8(7)11(9)14/h2-5,13-14H,1H3/p-1. The number of para-hydroxylation sites is 1. The summed E-state index contributed by atoms with van der Waals surface area (Å²) in [5, 5.41) is 21.5. The number of rotatable bonds is 1. The minimum atomic E-state index is -0.436. The van der Waals surface area contributed by atoms with Crippen LogP contribution in [0.15, 0.2) is 24.3 Å². The van der Waals surface area contributed by atoms with Crippen molar-refractivity contribution in [1.29, 1.82) is 0 Å². The molecule has 0 saturated carbocycles. The number of hydrogen-bond acceptors (Lipinski definition) is 3. The third-order valence-electron chi connectivity index (χ3n) is 2.14. The second-order valence-corrected chi connectivity index (χ2v) is 3.06. The van der Waals surface area contributed by atoms with Crippen LogP contribution < -0.4 is 5.11 Å². The maximum Gasteiger partial charge on any atom is 0.178 e. The molecule has 0 aliphatic rings. The highest BCUT2D eigenvalue weighted by Gasteiger charge is 2.12. The highest BCUT2D eigenvalue weighted by molar-refractivity contribution is 6.03. The summed E-state index contributed by atoms with van der Waals surface area (Å²) in [6.07, 6.45) is 0. The maximum atomic E-state index is 11.6. The van der Waals surface area contributed by atoms with Crippen LogP contribution in [-0.2, 0) is 0 Å². The van der Waals surface area contributed by atoms with Gasteiger partial charge in [0, 0.05) is 6.92 Å². The Labute approximate surface area is 80.0 Å². The van der Waals surface area contributed by atoms with Gasteiger partial charge >= 0.3 is 0 Å². The summed E-state index contributed by atoms with van der Waals surface area (Å²) in [7, 11) is 0. The van der Waals surface area contributed by atoms with Crippen LogP contribution in [0.1, 0.15) is 17.4 Å². The molecule has 72 valence electrons. The molecule has 1 heterocycles. The zero-order valence-corrected chi connectivity index (χ0v) is 7.52. The molecule has 4 heteroatoms. The predicted molar refractivity (Wildman–Crippen MR) is 48.6 cm³/mol. The van der Waals surface area contributed by atoms with E-state index in [0.29, 0.717) is 15.6 Å². The first-order valence-corrected chi connectivity index (χ1v) is 4.13. The Morgan fingerprint density at radius 1 is 1.43 bits per heavy atom. The molecule has 0 spiro atoms. The number of carbonyl (C=O) groups excluding carboxylic acids is 1. The Morgan fingerprint density at radius 2 is 2.07 bits per heavy atom. The molecular weight excluding hydrogens is 182 g/mol. The van der Waals surface area contributed by atoms with Gasteiger partial charge in [-0.1, -0.05) is 23.9 Å². The van der Waals surface area contributed by atoms with Crippen LogP contribution in [0.3, 0.4) is 0 Å². The highest BCUT2D eigenvalue weighted by atomic mass is 16.5. The molecule has 1 aromatic carbocycles. The molecule has 1 N–H and O–H groups in total. The SMILES string of the molecule is CC(=O)c1c([O-])c2ccccc2n1O. The molecule has 0 unspecified atom stereocenters. The molecular formula is C10H8NO3-. The van der Waals surface area contributed by atoms with Crippen LogP contribution in [0.25, 0.3) is 10.9 Å². The molecule has 2 rings (SSSR count). The van der Waals surface area contributed by atoms with E-state index in [4.69, 9.17) is 0 Å². The quantitative estimate of drug-likeness (QED) is 0.542. The van der Waals surface area contributed by atoms with Crippen LogP contribution in [-0.4, -0.2) is 15.7 Å². The van der Waals surface area contributed by atoms with Crippen molar-refractivity contribution in [1.82, 2.24) is 4.73 Å². The van der Waals surface area contributed by atoms with Gasteiger partial charge in [0.05, 0.1) is 5.52 Å². The molecule has 2 aromatic rings. The Bertz CT molecular complexity index is 474. The fraction of sp³-hybridized carbons (Fsp3) is 0.100. The van der Waals surface area contributed by atoms with Gasteiger partial charge in [-0.2, -0.15) is 4.73 Å². The van der Waals surface area contributed by atoms with E-state index in [0.717, 1.165) is 0 Å². The third-order valence-corrected chi connectivity index (χ3v) is 2.14. The van der Waals surface area contributed by atoms with E-state index in [1.165, 1.54) is 6.92 Å². The lowest BCUT2D eigenvalue weighted by atomic mass is 10.2. The lowest BCUT2D eigenvalue weighted by Crippen LogP contribution is -2.05. The number of ketones is 1. The van der Waals surface area contributed by atoms with Gasteiger partial charge in [0.25, 0.3) is 0 Å². The minimum Gasteiger partial charge on any atom is -0.870 e. The topological polar surface area (TPSA) is 65.3 Å². The van der Waals surface area contributed by atoms with Crippen molar-refractivity contribution in [3.05, 3.63) is 30.0 Å². The van der Waals surface area contributed by atoms with Crippen LogP contribution in [0.4, 0.5) is 0 Å². The number of Topliss-reactive ketones (excluding diaryl/α,β-unsaturated/α-hetero) is 1. The fourth-order valence-corrected chi connectivity index (χ4v) is 1.50. The van der Waals surface area contributed by atoms with E-state index in [1.54, 1.807) is 24.3 Å². The first-order valence-electron chi connectivity index (χ1n) is 4.13. The van der Waals surface area contributed by atoms with Gasteiger partial charge in [-0.15, -0.1) is 0 Å². The van der Waals surface area contributed by atoms with Crippen LogP contribution in [0.5, 0.6) is 5.75 Å². The van der Waals surface area contributed by atoms with Crippen molar-refractivity contribution in [2.75, 3.05) is 0 Å². The molecule has 0 atom stereocenters. The van der Waals surface area contributed by atoms with E-state index in [-0.39, 0.29) is 5.69 Å². The molecule has 14 heavy (non-hydrogen) atoms. The average molecular weight is 190 g/mol. The van der Waals surface area contributed by atoms with Crippen molar-refractivity contribution in [3.8, 4) is 5.75 Å². The van der Waals surface area contributed by atoms with E-state index >= 15 is 0 Å². The number of fused-ring (bicyclic) bond motifs is 1. The van der Waals surface area contributed by atoms with Gasteiger partial charge in [0.1, 0.15) is 5.69 Å². The largest absolute Gasteiger partial charge is 0.870 e. The van der Waals surface area contributed by atoms with Crippen molar-refractivity contribution < 1.29 is 15.1 Å². The zero-order valence-electron chi connectivity index (χ0n) is 7.52.